The minimum Gasteiger partial charge on any atom is -0.496 e. The van der Waals surface area contributed by atoms with Crippen LogP contribution < -0.4 is 10.1 Å². The van der Waals surface area contributed by atoms with Gasteiger partial charge in [0.2, 0.25) is 5.95 Å². The van der Waals surface area contributed by atoms with Gasteiger partial charge in [0.25, 0.3) is 0 Å². The Labute approximate surface area is 168 Å². The van der Waals surface area contributed by atoms with Gasteiger partial charge in [0.15, 0.2) is 5.82 Å². The van der Waals surface area contributed by atoms with E-state index in [1.807, 2.05) is 42.1 Å². The molecule has 2 heterocycles. The van der Waals surface area contributed by atoms with Crippen LogP contribution in [0.5, 0.6) is 5.75 Å². The van der Waals surface area contributed by atoms with Crippen molar-refractivity contribution in [3.8, 4) is 28.4 Å². The molecule has 4 aromatic rings. The highest BCUT2D eigenvalue weighted by Crippen LogP contribution is 2.31. The molecule has 0 aliphatic heterocycles. The predicted octanol–water partition coefficient (Wildman–Crippen LogP) is 4.30. The highest BCUT2D eigenvalue weighted by Gasteiger charge is 2.17. The lowest BCUT2D eigenvalue weighted by atomic mass is 10.0. The molecule has 0 saturated heterocycles. The zero-order valence-electron chi connectivity index (χ0n) is 16.1. The highest BCUT2D eigenvalue weighted by atomic mass is 19.1. The molecule has 0 spiro atoms. The summed E-state index contributed by atoms with van der Waals surface area (Å²) in [6.45, 7) is 0.489. The lowest BCUT2D eigenvalue weighted by molar-refractivity contribution is 0.410. The second kappa shape index (κ2) is 8.10. The Bertz CT molecular complexity index is 1140. The molecule has 7 heteroatoms. The Hall–Kier alpha value is -3.74. The molecular weight excluding hydrogens is 369 g/mol. The summed E-state index contributed by atoms with van der Waals surface area (Å²) in [7, 11) is 3.51. The van der Waals surface area contributed by atoms with E-state index in [0.717, 1.165) is 11.3 Å². The summed E-state index contributed by atoms with van der Waals surface area (Å²) in [5, 5.41) is 3.22. The van der Waals surface area contributed by atoms with Gasteiger partial charge in [0.05, 0.1) is 7.11 Å². The molecule has 29 heavy (non-hydrogen) atoms. The van der Waals surface area contributed by atoms with Gasteiger partial charge in [-0.05, 0) is 12.1 Å². The number of aryl methyl sites for hydroxylation is 1. The molecule has 0 radical (unpaired) electrons. The Balaban J connectivity index is 1.72. The van der Waals surface area contributed by atoms with E-state index in [1.165, 1.54) is 6.07 Å². The quantitative estimate of drug-likeness (QED) is 0.533. The maximum absolute atomic E-state index is 14.4. The van der Waals surface area contributed by atoms with Gasteiger partial charge in [0.1, 0.15) is 17.3 Å². The number of hydrogen-bond donors (Lipinski definition) is 1. The number of nitrogens with one attached hydrogen (secondary N) is 1. The van der Waals surface area contributed by atoms with Gasteiger partial charge < -0.3 is 14.6 Å². The van der Waals surface area contributed by atoms with E-state index in [4.69, 9.17) is 4.74 Å². The summed E-state index contributed by atoms with van der Waals surface area (Å²) in [5.74, 6) is 1.51. The predicted molar refractivity (Wildman–Crippen MR) is 110 cm³/mol. The Morgan fingerprint density at radius 2 is 1.83 bits per heavy atom. The number of ether oxygens (including phenoxy) is 1. The molecule has 0 atom stereocenters. The standard InChI is InChI=1S/C22H20FN5O/c1-28-12-11-24-21(28)20-17(16-8-4-5-9-18(16)23)14-26-22(27-20)25-13-15-7-3-6-10-19(15)29-2/h3-12,14H,13H2,1-2H3,(H,25,26,27). The van der Waals surface area contributed by atoms with Crippen molar-refractivity contribution in [3.05, 3.63) is 78.5 Å². The largest absolute Gasteiger partial charge is 0.496 e. The number of anilines is 1. The van der Waals surface area contributed by atoms with Crippen LogP contribution in [0.2, 0.25) is 0 Å². The molecule has 0 aliphatic carbocycles. The average molecular weight is 389 g/mol. The molecule has 0 aliphatic rings. The van der Waals surface area contributed by atoms with Gasteiger partial charge in [0, 0.05) is 48.9 Å². The summed E-state index contributed by atoms with van der Waals surface area (Å²) in [4.78, 5) is 13.4. The fourth-order valence-corrected chi connectivity index (χ4v) is 3.13. The topological polar surface area (TPSA) is 64.9 Å². The summed E-state index contributed by atoms with van der Waals surface area (Å²) in [6.07, 6.45) is 5.13. The van der Waals surface area contributed by atoms with E-state index >= 15 is 0 Å². The van der Waals surface area contributed by atoms with Crippen molar-refractivity contribution < 1.29 is 9.13 Å². The monoisotopic (exact) mass is 389 g/mol. The van der Waals surface area contributed by atoms with Gasteiger partial charge in [-0.15, -0.1) is 0 Å². The molecule has 0 saturated carbocycles. The van der Waals surface area contributed by atoms with Crippen LogP contribution in [0.4, 0.5) is 10.3 Å². The van der Waals surface area contributed by atoms with Crippen LogP contribution in [0.1, 0.15) is 5.56 Å². The maximum Gasteiger partial charge on any atom is 0.223 e. The molecule has 6 nitrogen and oxygen atoms in total. The Morgan fingerprint density at radius 1 is 1.03 bits per heavy atom. The Morgan fingerprint density at radius 3 is 2.59 bits per heavy atom. The van der Waals surface area contributed by atoms with Crippen LogP contribution in [0.3, 0.4) is 0 Å². The molecule has 2 aromatic heterocycles. The summed E-state index contributed by atoms with van der Waals surface area (Å²) < 4.78 is 21.7. The Kier molecular flexibility index (Phi) is 5.20. The van der Waals surface area contributed by atoms with E-state index in [0.29, 0.717) is 35.1 Å². The number of rotatable bonds is 6. The van der Waals surface area contributed by atoms with Gasteiger partial charge >= 0.3 is 0 Å². The molecular formula is C22H20FN5O. The molecule has 0 bridgehead atoms. The van der Waals surface area contributed by atoms with Gasteiger partial charge in [-0.3, -0.25) is 0 Å². The van der Waals surface area contributed by atoms with E-state index in [-0.39, 0.29) is 5.82 Å². The molecule has 4 rings (SSSR count). The molecule has 1 N–H and O–H groups in total. The summed E-state index contributed by atoms with van der Waals surface area (Å²) >= 11 is 0. The highest BCUT2D eigenvalue weighted by molar-refractivity contribution is 5.78. The number of imidazole rings is 1. The van der Waals surface area contributed by atoms with Crippen LogP contribution in [0.15, 0.2) is 67.1 Å². The van der Waals surface area contributed by atoms with Crippen molar-refractivity contribution in [2.75, 3.05) is 12.4 Å². The third-order valence-corrected chi connectivity index (χ3v) is 4.62. The number of benzene rings is 2. The van der Waals surface area contributed by atoms with Gasteiger partial charge in [-0.2, -0.15) is 0 Å². The number of hydrogen-bond acceptors (Lipinski definition) is 5. The van der Waals surface area contributed by atoms with E-state index in [9.17, 15) is 4.39 Å². The number of nitrogens with zero attached hydrogens (tertiary/aromatic N) is 4. The van der Waals surface area contributed by atoms with Crippen LogP contribution in [0.25, 0.3) is 22.6 Å². The lowest BCUT2D eigenvalue weighted by Crippen LogP contribution is -2.07. The van der Waals surface area contributed by atoms with Crippen molar-refractivity contribution >= 4 is 5.95 Å². The molecule has 0 unspecified atom stereocenters. The van der Waals surface area contributed by atoms with Crippen LogP contribution in [-0.2, 0) is 13.6 Å². The summed E-state index contributed by atoms with van der Waals surface area (Å²) in [6, 6.07) is 14.3. The number of halogens is 1. The zero-order valence-corrected chi connectivity index (χ0v) is 16.1. The van der Waals surface area contributed by atoms with E-state index in [2.05, 4.69) is 20.3 Å². The minimum atomic E-state index is -0.332. The number of aromatic nitrogens is 4. The van der Waals surface area contributed by atoms with Gasteiger partial charge in [-0.1, -0.05) is 36.4 Å². The second-order valence-corrected chi connectivity index (χ2v) is 6.46. The van der Waals surface area contributed by atoms with Crippen LogP contribution in [-0.4, -0.2) is 26.6 Å². The summed E-state index contributed by atoms with van der Waals surface area (Å²) in [5.41, 5.74) is 2.55. The third-order valence-electron chi connectivity index (χ3n) is 4.62. The lowest BCUT2D eigenvalue weighted by Gasteiger charge is -2.13. The first-order chi connectivity index (χ1) is 14.2. The fraction of sp³-hybridized carbons (Fsp3) is 0.136. The molecule has 146 valence electrons. The smallest absolute Gasteiger partial charge is 0.223 e. The first-order valence-corrected chi connectivity index (χ1v) is 9.13. The first-order valence-electron chi connectivity index (χ1n) is 9.13. The van der Waals surface area contributed by atoms with Crippen molar-refractivity contribution in [1.82, 2.24) is 19.5 Å². The third kappa shape index (κ3) is 3.80. The van der Waals surface area contributed by atoms with Crippen molar-refractivity contribution in [3.63, 3.8) is 0 Å². The molecule has 0 amide bonds. The zero-order chi connectivity index (χ0) is 20.2. The molecule has 0 fully saturated rings. The average Bonchev–Trinajstić information content (AvgIpc) is 3.18. The number of para-hydroxylation sites is 1. The number of methoxy groups -OCH3 is 1. The van der Waals surface area contributed by atoms with E-state index in [1.54, 1.807) is 37.7 Å². The van der Waals surface area contributed by atoms with Crippen LogP contribution >= 0.6 is 0 Å². The second-order valence-electron chi connectivity index (χ2n) is 6.46. The molecule has 2 aromatic carbocycles. The van der Waals surface area contributed by atoms with E-state index < -0.39 is 0 Å². The SMILES string of the molecule is COc1ccccc1CNc1ncc(-c2ccccc2F)c(-c2nccn2C)n1. The van der Waals surface area contributed by atoms with Crippen molar-refractivity contribution in [1.29, 1.82) is 0 Å². The van der Waals surface area contributed by atoms with Crippen molar-refractivity contribution in [2.24, 2.45) is 7.05 Å². The maximum atomic E-state index is 14.4. The minimum absolute atomic E-state index is 0.332. The van der Waals surface area contributed by atoms with Crippen LogP contribution in [0, 0.1) is 5.82 Å². The normalized spacial score (nSPS) is 10.7. The van der Waals surface area contributed by atoms with Gasteiger partial charge in [-0.25, -0.2) is 19.3 Å². The first kappa shape index (κ1) is 18.6. The fourth-order valence-electron chi connectivity index (χ4n) is 3.13. The van der Waals surface area contributed by atoms with Crippen molar-refractivity contribution in [2.45, 2.75) is 6.54 Å².